The molecule has 0 saturated heterocycles. The Labute approximate surface area is 113 Å². The molecule has 0 spiro atoms. The van der Waals surface area contributed by atoms with Crippen molar-refractivity contribution in [2.24, 2.45) is 0 Å². The summed E-state index contributed by atoms with van der Waals surface area (Å²) < 4.78 is 0. The van der Waals surface area contributed by atoms with E-state index in [1.54, 1.807) is 0 Å². The lowest BCUT2D eigenvalue weighted by molar-refractivity contribution is 1.40. The van der Waals surface area contributed by atoms with Gasteiger partial charge in [-0.15, -0.1) is 0 Å². The first-order valence-corrected chi connectivity index (χ1v) is 6.39. The summed E-state index contributed by atoms with van der Waals surface area (Å²) in [6.07, 6.45) is 6.25. The Morgan fingerprint density at radius 3 is 2.26 bits per heavy atom. The van der Waals surface area contributed by atoms with E-state index in [0.29, 0.717) is 0 Å². The minimum atomic E-state index is 1.15. The molecule has 1 nitrogen and oxygen atoms in total. The Morgan fingerprint density at radius 2 is 1.47 bits per heavy atom. The fraction of sp³-hybridized carbons (Fsp3) is 0. The highest BCUT2D eigenvalue weighted by atomic mass is 14.7. The molecule has 1 aromatic heterocycles. The Balaban J connectivity index is 1.96. The molecule has 3 aromatic rings. The first-order chi connectivity index (χ1) is 9.43. The number of nitrogens with one attached hydrogen (secondary N) is 1. The summed E-state index contributed by atoms with van der Waals surface area (Å²) in [7, 11) is 0. The number of rotatable bonds is 3. The van der Waals surface area contributed by atoms with Gasteiger partial charge in [0.25, 0.3) is 0 Å². The topological polar surface area (TPSA) is 15.8 Å². The summed E-state index contributed by atoms with van der Waals surface area (Å²) in [6, 6.07) is 22.9. The normalized spacial score (nSPS) is 10.9. The number of benzene rings is 2. The SMILES string of the molecule is C(=Cc1ccccc1-c1ccc[nH]1)c1ccccc1. The maximum absolute atomic E-state index is 3.26. The van der Waals surface area contributed by atoms with Crippen LogP contribution in [-0.4, -0.2) is 4.98 Å². The van der Waals surface area contributed by atoms with Crippen LogP contribution in [0, 0.1) is 0 Å². The summed E-state index contributed by atoms with van der Waals surface area (Å²) in [5, 5.41) is 0. The number of aromatic nitrogens is 1. The average molecular weight is 245 g/mol. The Kier molecular flexibility index (Phi) is 3.28. The van der Waals surface area contributed by atoms with Crippen LogP contribution < -0.4 is 0 Å². The molecule has 0 radical (unpaired) electrons. The van der Waals surface area contributed by atoms with E-state index in [1.807, 2.05) is 18.3 Å². The quantitative estimate of drug-likeness (QED) is 0.635. The van der Waals surface area contributed by atoms with E-state index in [2.05, 4.69) is 71.7 Å². The van der Waals surface area contributed by atoms with Gasteiger partial charge in [-0.05, 0) is 23.3 Å². The minimum absolute atomic E-state index is 1.15. The van der Waals surface area contributed by atoms with Gasteiger partial charge in [0, 0.05) is 17.5 Å². The van der Waals surface area contributed by atoms with E-state index in [0.717, 1.165) is 5.69 Å². The number of hydrogen-bond acceptors (Lipinski definition) is 0. The van der Waals surface area contributed by atoms with E-state index < -0.39 is 0 Å². The van der Waals surface area contributed by atoms with Gasteiger partial charge in [-0.1, -0.05) is 66.7 Å². The lowest BCUT2D eigenvalue weighted by Crippen LogP contribution is -1.82. The van der Waals surface area contributed by atoms with Crippen LogP contribution in [0.25, 0.3) is 23.4 Å². The molecule has 0 aliphatic carbocycles. The van der Waals surface area contributed by atoms with Crippen LogP contribution in [-0.2, 0) is 0 Å². The maximum atomic E-state index is 3.26. The third-order valence-corrected chi connectivity index (χ3v) is 3.10. The average Bonchev–Trinajstić information content (AvgIpc) is 3.01. The van der Waals surface area contributed by atoms with Crippen LogP contribution in [0.2, 0.25) is 0 Å². The van der Waals surface area contributed by atoms with Crippen LogP contribution in [0.4, 0.5) is 0 Å². The molecular weight excluding hydrogens is 230 g/mol. The second-order valence-electron chi connectivity index (χ2n) is 4.42. The second kappa shape index (κ2) is 5.40. The molecule has 0 aliphatic heterocycles. The lowest BCUT2D eigenvalue weighted by Gasteiger charge is -2.03. The van der Waals surface area contributed by atoms with Gasteiger partial charge in [0.2, 0.25) is 0 Å². The number of aromatic amines is 1. The van der Waals surface area contributed by atoms with Crippen molar-refractivity contribution >= 4 is 12.2 Å². The molecule has 0 unspecified atom stereocenters. The van der Waals surface area contributed by atoms with Gasteiger partial charge in [0.05, 0.1) is 0 Å². The first kappa shape index (κ1) is 11.5. The van der Waals surface area contributed by atoms with E-state index in [9.17, 15) is 0 Å². The maximum Gasteiger partial charge on any atom is 0.0459 e. The Hall–Kier alpha value is -2.54. The smallest absolute Gasteiger partial charge is 0.0459 e. The number of hydrogen-bond donors (Lipinski definition) is 1. The highest BCUT2D eigenvalue weighted by molar-refractivity contribution is 5.79. The monoisotopic (exact) mass is 245 g/mol. The van der Waals surface area contributed by atoms with Crippen molar-refractivity contribution in [3.05, 3.63) is 84.1 Å². The highest BCUT2D eigenvalue weighted by Crippen LogP contribution is 2.23. The van der Waals surface area contributed by atoms with E-state index in [-0.39, 0.29) is 0 Å². The number of H-pyrrole nitrogens is 1. The molecule has 1 N–H and O–H groups in total. The fourth-order valence-corrected chi connectivity index (χ4v) is 2.14. The molecule has 0 fully saturated rings. The van der Waals surface area contributed by atoms with Gasteiger partial charge >= 0.3 is 0 Å². The zero-order valence-electron chi connectivity index (χ0n) is 10.6. The Morgan fingerprint density at radius 1 is 0.684 bits per heavy atom. The van der Waals surface area contributed by atoms with Crippen molar-refractivity contribution in [1.82, 2.24) is 4.98 Å². The third kappa shape index (κ3) is 2.66. The van der Waals surface area contributed by atoms with Gasteiger partial charge in [-0.3, -0.25) is 0 Å². The molecular formula is C18H15N. The van der Waals surface area contributed by atoms with Crippen molar-refractivity contribution in [3.63, 3.8) is 0 Å². The molecule has 3 rings (SSSR count). The van der Waals surface area contributed by atoms with Crippen molar-refractivity contribution in [3.8, 4) is 11.3 Å². The summed E-state index contributed by atoms with van der Waals surface area (Å²) in [6.45, 7) is 0. The highest BCUT2D eigenvalue weighted by Gasteiger charge is 2.01. The molecule has 19 heavy (non-hydrogen) atoms. The van der Waals surface area contributed by atoms with Crippen molar-refractivity contribution < 1.29 is 0 Å². The predicted molar refractivity (Wildman–Crippen MR) is 81.6 cm³/mol. The van der Waals surface area contributed by atoms with Crippen molar-refractivity contribution in [1.29, 1.82) is 0 Å². The summed E-state index contributed by atoms with van der Waals surface area (Å²) in [4.78, 5) is 3.26. The van der Waals surface area contributed by atoms with Crippen LogP contribution in [0.15, 0.2) is 72.9 Å². The largest absolute Gasteiger partial charge is 0.361 e. The van der Waals surface area contributed by atoms with Gasteiger partial charge in [-0.25, -0.2) is 0 Å². The van der Waals surface area contributed by atoms with Gasteiger partial charge < -0.3 is 4.98 Å². The molecule has 1 heteroatoms. The summed E-state index contributed by atoms with van der Waals surface area (Å²) in [5.41, 5.74) is 4.80. The molecule has 0 aliphatic rings. The van der Waals surface area contributed by atoms with Crippen LogP contribution in [0.5, 0.6) is 0 Å². The molecule has 2 aromatic carbocycles. The standard InChI is InChI=1S/C18H15N/c1-2-7-15(8-3-1)12-13-16-9-4-5-10-17(16)18-11-6-14-19-18/h1-14,19H. The zero-order valence-corrected chi connectivity index (χ0v) is 10.6. The zero-order chi connectivity index (χ0) is 12.9. The van der Waals surface area contributed by atoms with Crippen LogP contribution in [0.3, 0.4) is 0 Å². The van der Waals surface area contributed by atoms with Gasteiger partial charge in [0.1, 0.15) is 0 Å². The van der Waals surface area contributed by atoms with E-state index in [1.165, 1.54) is 16.7 Å². The summed E-state index contributed by atoms with van der Waals surface area (Å²) >= 11 is 0. The first-order valence-electron chi connectivity index (χ1n) is 6.39. The molecule has 1 heterocycles. The molecule has 0 amide bonds. The van der Waals surface area contributed by atoms with Gasteiger partial charge in [0.15, 0.2) is 0 Å². The van der Waals surface area contributed by atoms with E-state index in [4.69, 9.17) is 0 Å². The van der Waals surface area contributed by atoms with Crippen molar-refractivity contribution in [2.45, 2.75) is 0 Å². The molecule has 0 saturated carbocycles. The van der Waals surface area contributed by atoms with Crippen molar-refractivity contribution in [2.75, 3.05) is 0 Å². The predicted octanol–water partition coefficient (Wildman–Crippen LogP) is 4.85. The van der Waals surface area contributed by atoms with Gasteiger partial charge in [-0.2, -0.15) is 0 Å². The minimum Gasteiger partial charge on any atom is -0.361 e. The third-order valence-electron chi connectivity index (χ3n) is 3.10. The summed E-state index contributed by atoms with van der Waals surface area (Å²) in [5.74, 6) is 0. The second-order valence-corrected chi connectivity index (χ2v) is 4.42. The van der Waals surface area contributed by atoms with Crippen LogP contribution in [0.1, 0.15) is 11.1 Å². The lowest BCUT2D eigenvalue weighted by atomic mass is 10.0. The van der Waals surface area contributed by atoms with E-state index >= 15 is 0 Å². The molecule has 0 atom stereocenters. The Bertz CT molecular complexity index is 664. The van der Waals surface area contributed by atoms with Crippen LogP contribution >= 0.6 is 0 Å². The molecule has 92 valence electrons. The molecule has 0 bridgehead atoms. The fourth-order valence-electron chi connectivity index (χ4n) is 2.14.